The van der Waals surface area contributed by atoms with E-state index in [0.29, 0.717) is 10.6 Å². The number of aromatic nitrogens is 3. The molecular weight excluding hydrogens is 292 g/mol. The zero-order valence-electron chi connectivity index (χ0n) is 12.1. The van der Waals surface area contributed by atoms with Crippen molar-refractivity contribution in [1.29, 1.82) is 0 Å². The minimum atomic E-state index is -0.498. The highest BCUT2D eigenvalue weighted by atomic mass is 35.5. The molecule has 2 heterocycles. The number of amides is 1. The van der Waals surface area contributed by atoms with Gasteiger partial charge in [0.1, 0.15) is 6.04 Å². The maximum Gasteiger partial charge on any atom is 0.253 e. The van der Waals surface area contributed by atoms with Gasteiger partial charge in [0.25, 0.3) is 5.56 Å². The summed E-state index contributed by atoms with van der Waals surface area (Å²) in [6, 6.07) is 1.38. The van der Waals surface area contributed by atoms with Crippen LogP contribution in [-0.2, 0) is 11.3 Å². The van der Waals surface area contributed by atoms with E-state index in [1.54, 1.807) is 13.1 Å². The number of aromatic amines is 1. The Balaban J connectivity index is 2.06. The lowest BCUT2D eigenvalue weighted by molar-refractivity contribution is -0.124. The van der Waals surface area contributed by atoms with Crippen LogP contribution in [0.4, 0.5) is 0 Å². The third kappa shape index (κ3) is 3.52. The highest BCUT2D eigenvalue weighted by molar-refractivity contribution is 6.30. The van der Waals surface area contributed by atoms with Gasteiger partial charge in [-0.1, -0.05) is 11.6 Å². The van der Waals surface area contributed by atoms with E-state index < -0.39 is 6.04 Å². The summed E-state index contributed by atoms with van der Waals surface area (Å²) in [7, 11) is 0. The van der Waals surface area contributed by atoms with Crippen LogP contribution in [0.2, 0.25) is 5.02 Å². The zero-order valence-corrected chi connectivity index (χ0v) is 12.9. The Hall–Kier alpha value is -2.08. The van der Waals surface area contributed by atoms with E-state index in [1.807, 2.05) is 19.9 Å². The Bertz CT molecular complexity index is 720. The molecule has 2 rings (SSSR count). The smallest absolute Gasteiger partial charge is 0.253 e. The fourth-order valence-electron chi connectivity index (χ4n) is 2.07. The first-order chi connectivity index (χ1) is 9.88. The molecular formula is C14H17ClN4O2. The minimum Gasteiger partial charge on any atom is -0.350 e. The number of nitrogens with one attached hydrogen (secondary N) is 2. The van der Waals surface area contributed by atoms with Gasteiger partial charge in [0.15, 0.2) is 0 Å². The van der Waals surface area contributed by atoms with E-state index in [4.69, 9.17) is 11.6 Å². The van der Waals surface area contributed by atoms with Crippen molar-refractivity contribution in [2.75, 3.05) is 0 Å². The Morgan fingerprint density at radius 1 is 1.52 bits per heavy atom. The highest BCUT2D eigenvalue weighted by Crippen LogP contribution is 2.11. The second kappa shape index (κ2) is 6.13. The van der Waals surface area contributed by atoms with E-state index in [-0.39, 0.29) is 18.0 Å². The molecule has 2 N–H and O–H groups in total. The summed E-state index contributed by atoms with van der Waals surface area (Å²) in [5.74, 6) is -0.228. The van der Waals surface area contributed by atoms with E-state index in [9.17, 15) is 9.59 Å². The van der Waals surface area contributed by atoms with Gasteiger partial charge in [0, 0.05) is 24.0 Å². The first-order valence-electron chi connectivity index (χ1n) is 6.55. The molecule has 0 aliphatic rings. The molecule has 0 spiro atoms. The van der Waals surface area contributed by atoms with Crippen molar-refractivity contribution in [3.8, 4) is 0 Å². The SMILES string of the molecule is Cc1cc(C)c(CNC(=O)C(C)n2cc(Cl)cn2)c(=O)[nH]1. The van der Waals surface area contributed by atoms with Crippen LogP contribution in [0, 0.1) is 13.8 Å². The Kier molecular flexibility index (Phi) is 4.47. The molecule has 2 aromatic rings. The summed E-state index contributed by atoms with van der Waals surface area (Å²) in [4.78, 5) is 26.7. The highest BCUT2D eigenvalue weighted by Gasteiger charge is 2.16. The second-order valence-corrected chi connectivity index (χ2v) is 5.41. The molecule has 7 heteroatoms. The van der Waals surface area contributed by atoms with Gasteiger partial charge >= 0.3 is 0 Å². The van der Waals surface area contributed by atoms with E-state index in [0.717, 1.165) is 11.3 Å². The van der Waals surface area contributed by atoms with Crippen LogP contribution in [0.1, 0.15) is 29.8 Å². The molecule has 1 atom stereocenters. The standard InChI is InChI=1S/C14H17ClN4O2/c1-8-4-9(2)18-14(21)12(8)6-16-13(20)10(3)19-7-11(15)5-17-19/h4-5,7,10H,6H2,1-3H3,(H,16,20)(H,18,21). The third-order valence-electron chi connectivity index (χ3n) is 3.28. The normalized spacial score (nSPS) is 12.2. The van der Waals surface area contributed by atoms with Crippen molar-refractivity contribution >= 4 is 17.5 Å². The van der Waals surface area contributed by atoms with Crippen molar-refractivity contribution in [3.05, 3.63) is 50.7 Å². The molecule has 0 saturated heterocycles. The Labute approximate surface area is 127 Å². The average Bonchev–Trinajstić information content (AvgIpc) is 2.83. The Morgan fingerprint density at radius 3 is 2.81 bits per heavy atom. The summed E-state index contributed by atoms with van der Waals surface area (Å²) >= 11 is 5.78. The lowest BCUT2D eigenvalue weighted by Gasteiger charge is -2.13. The lowest BCUT2D eigenvalue weighted by Crippen LogP contribution is -2.33. The number of halogens is 1. The van der Waals surface area contributed by atoms with Crippen LogP contribution >= 0.6 is 11.6 Å². The topological polar surface area (TPSA) is 79.8 Å². The van der Waals surface area contributed by atoms with Gasteiger partial charge in [-0.25, -0.2) is 0 Å². The fourth-order valence-corrected chi connectivity index (χ4v) is 2.21. The largest absolute Gasteiger partial charge is 0.350 e. The van der Waals surface area contributed by atoms with E-state index in [2.05, 4.69) is 15.4 Å². The molecule has 6 nitrogen and oxygen atoms in total. The number of pyridine rings is 1. The molecule has 0 aromatic carbocycles. The van der Waals surface area contributed by atoms with Crippen molar-refractivity contribution in [1.82, 2.24) is 20.1 Å². The van der Waals surface area contributed by atoms with Gasteiger partial charge in [-0.15, -0.1) is 0 Å². The predicted octanol–water partition coefficient (Wildman–Crippen LogP) is 1.72. The van der Waals surface area contributed by atoms with Crippen LogP contribution in [0.25, 0.3) is 0 Å². The number of aryl methyl sites for hydroxylation is 2. The average molecular weight is 309 g/mol. The molecule has 0 aliphatic heterocycles. The monoisotopic (exact) mass is 308 g/mol. The van der Waals surface area contributed by atoms with E-state index in [1.165, 1.54) is 10.9 Å². The number of hydrogen-bond acceptors (Lipinski definition) is 3. The predicted molar refractivity (Wildman–Crippen MR) is 80.3 cm³/mol. The third-order valence-corrected chi connectivity index (χ3v) is 3.47. The molecule has 0 bridgehead atoms. The van der Waals surface area contributed by atoms with Crippen molar-refractivity contribution in [3.63, 3.8) is 0 Å². The molecule has 1 unspecified atom stereocenters. The molecule has 1 amide bonds. The minimum absolute atomic E-state index is 0.178. The van der Waals surface area contributed by atoms with Crippen LogP contribution < -0.4 is 10.9 Å². The van der Waals surface area contributed by atoms with Crippen LogP contribution in [-0.4, -0.2) is 20.7 Å². The summed E-state index contributed by atoms with van der Waals surface area (Å²) in [6.45, 7) is 5.56. The lowest BCUT2D eigenvalue weighted by atomic mass is 10.1. The van der Waals surface area contributed by atoms with Gasteiger partial charge in [-0.2, -0.15) is 5.10 Å². The molecule has 2 aromatic heterocycles. The molecule has 0 saturated carbocycles. The first-order valence-corrected chi connectivity index (χ1v) is 6.93. The summed E-state index contributed by atoms with van der Waals surface area (Å²) in [6.07, 6.45) is 3.05. The van der Waals surface area contributed by atoms with Crippen molar-refractivity contribution < 1.29 is 4.79 Å². The summed E-state index contributed by atoms with van der Waals surface area (Å²) < 4.78 is 1.48. The number of carbonyl (C=O) groups excluding carboxylic acids is 1. The zero-order chi connectivity index (χ0) is 15.6. The molecule has 112 valence electrons. The fraction of sp³-hybridized carbons (Fsp3) is 0.357. The number of hydrogen-bond donors (Lipinski definition) is 2. The summed E-state index contributed by atoms with van der Waals surface area (Å²) in [5, 5.41) is 7.21. The number of nitrogens with zero attached hydrogens (tertiary/aromatic N) is 2. The number of rotatable bonds is 4. The van der Waals surface area contributed by atoms with Crippen molar-refractivity contribution in [2.45, 2.75) is 33.4 Å². The quantitative estimate of drug-likeness (QED) is 0.902. The first kappa shape index (κ1) is 15.3. The Morgan fingerprint density at radius 2 is 2.24 bits per heavy atom. The van der Waals surface area contributed by atoms with Gasteiger partial charge in [-0.3, -0.25) is 14.3 Å². The van der Waals surface area contributed by atoms with Crippen LogP contribution in [0.5, 0.6) is 0 Å². The van der Waals surface area contributed by atoms with Gasteiger partial charge in [-0.05, 0) is 32.4 Å². The molecule has 0 aliphatic carbocycles. The second-order valence-electron chi connectivity index (χ2n) is 4.98. The van der Waals surface area contributed by atoms with Gasteiger partial charge in [0.2, 0.25) is 5.91 Å². The van der Waals surface area contributed by atoms with Crippen LogP contribution in [0.3, 0.4) is 0 Å². The summed E-state index contributed by atoms with van der Waals surface area (Å²) in [5.41, 5.74) is 2.03. The van der Waals surface area contributed by atoms with Crippen molar-refractivity contribution in [2.24, 2.45) is 0 Å². The molecule has 21 heavy (non-hydrogen) atoms. The van der Waals surface area contributed by atoms with E-state index >= 15 is 0 Å². The molecule has 0 fully saturated rings. The molecule has 0 radical (unpaired) electrons. The number of H-pyrrole nitrogens is 1. The van der Waals surface area contributed by atoms with Gasteiger partial charge in [0.05, 0.1) is 11.2 Å². The maximum atomic E-state index is 12.1. The maximum absolute atomic E-state index is 12.1. The van der Waals surface area contributed by atoms with Gasteiger partial charge < -0.3 is 10.3 Å². The number of carbonyl (C=O) groups is 1. The van der Waals surface area contributed by atoms with Crippen LogP contribution in [0.15, 0.2) is 23.3 Å².